The van der Waals surface area contributed by atoms with Gasteiger partial charge in [-0.15, -0.1) is 0 Å². The van der Waals surface area contributed by atoms with Gasteiger partial charge in [0.25, 0.3) is 11.8 Å². The van der Waals surface area contributed by atoms with Crippen LogP contribution in [0.25, 0.3) is 0 Å². The second-order valence-electron chi connectivity index (χ2n) is 8.77. The number of amides is 2. The Kier molecular flexibility index (Phi) is 10.1. The summed E-state index contributed by atoms with van der Waals surface area (Å²) >= 11 is 0. The SMILES string of the molecule is NC(=O)C(F)(F)C(F)(F)C(F)(F)C(F)(F)C(F)(F)C(F)(F)C(F)(F)C(F)(F)C(F)(F)C(F)(F)C(F)(F)C(F)(F)C(F)(F)C(F)(F)C(N)=O. The highest BCUT2D eigenvalue weighted by atomic mass is 19.4. The zero-order valence-electron chi connectivity index (χ0n) is 20.6. The number of primary amides is 2. The zero-order valence-corrected chi connectivity index (χ0v) is 20.6. The van der Waals surface area contributed by atoms with E-state index in [9.17, 15) is 133 Å². The highest BCUT2D eigenvalue weighted by molar-refractivity contribution is 5.83. The van der Waals surface area contributed by atoms with E-state index in [1.54, 1.807) is 0 Å². The number of halogens is 28. The smallest absolute Gasteiger partial charge is 0.364 e. The molecule has 2 amide bonds. The van der Waals surface area contributed by atoms with Crippen LogP contribution in [-0.4, -0.2) is 94.7 Å². The molecule has 0 aromatic heterocycles. The fourth-order valence-electron chi connectivity index (χ4n) is 2.68. The lowest BCUT2D eigenvalue weighted by Crippen LogP contribution is -2.79. The number of nitrogens with two attached hydrogens (primary N) is 2. The van der Waals surface area contributed by atoms with Crippen molar-refractivity contribution < 1.29 is 133 Å². The van der Waals surface area contributed by atoms with Crippen LogP contribution in [0.3, 0.4) is 0 Å². The molecule has 4 nitrogen and oxygen atoms in total. The van der Waals surface area contributed by atoms with E-state index in [0.717, 1.165) is 0 Å². The second-order valence-corrected chi connectivity index (χ2v) is 8.77. The van der Waals surface area contributed by atoms with Gasteiger partial charge in [0.05, 0.1) is 0 Å². The minimum Gasteiger partial charge on any atom is -0.364 e. The molecule has 0 saturated heterocycles. The summed E-state index contributed by atoms with van der Waals surface area (Å²) in [5.74, 6) is -138. The monoisotopic (exact) mass is 788 g/mol. The van der Waals surface area contributed by atoms with Crippen LogP contribution in [-0.2, 0) is 9.59 Å². The maximum Gasteiger partial charge on any atom is 0.392 e. The molecular weight excluding hydrogens is 784 g/mol. The maximum absolute atomic E-state index is 13.7. The molecule has 0 fully saturated rings. The van der Waals surface area contributed by atoms with E-state index in [-0.39, 0.29) is 0 Å². The fraction of sp³-hybridized carbons (Fsp3) is 0.875. The van der Waals surface area contributed by atoms with Gasteiger partial charge in [-0.25, -0.2) is 0 Å². The summed E-state index contributed by atoms with van der Waals surface area (Å²) in [4.78, 5) is 20.3. The molecular formula is C16H4F28N2O2. The maximum atomic E-state index is 13.7. The Hall–Kier alpha value is -3.02. The predicted octanol–water partition coefficient (Wildman–Crippen LogP) is 6.85. The van der Waals surface area contributed by atoms with E-state index in [4.69, 9.17) is 0 Å². The summed E-state index contributed by atoms with van der Waals surface area (Å²) in [6.45, 7) is 0. The van der Waals surface area contributed by atoms with Crippen LogP contribution in [0, 0.1) is 0 Å². The largest absolute Gasteiger partial charge is 0.392 e. The number of rotatable bonds is 15. The van der Waals surface area contributed by atoms with Crippen molar-refractivity contribution in [3.05, 3.63) is 0 Å². The van der Waals surface area contributed by atoms with Gasteiger partial charge in [0, 0.05) is 0 Å². The Morgan fingerprint density at radius 2 is 0.312 bits per heavy atom. The van der Waals surface area contributed by atoms with Crippen molar-refractivity contribution in [2.75, 3.05) is 0 Å². The first-order chi connectivity index (χ1) is 20.1. The van der Waals surface area contributed by atoms with E-state index in [2.05, 4.69) is 11.5 Å². The summed E-state index contributed by atoms with van der Waals surface area (Å²) in [7, 11) is 0. The standard InChI is InChI=1S/C16H4F28N2O2/c17-3(18,1(45)47)5(21,22)7(25,26)9(29,30)11(33,34)13(37,38)15(41,42)16(43,44)14(39,40)12(35,36)10(31,32)8(27,28)6(23,24)4(19,20)2(46)48/h(H2,45,47)(H2,46,48). The van der Waals surface area contributed by atoms with Gasteiger partial charge in [0.2, 0.25) is 0 Å². The van der Waals surface area contributed by atoms with Gasteiger partial charge < -0.3 is 11.5 Å². The van der Waals surface area contributed by atoms with Crippen molar-refractivity contribution in [2.45, 2.75) is 82.9 Å². The van der Waals surface area contributed by atoms with Crippen molar-refractivity contribution in [3.63, 3.8) is 0 Å². The topological polar surface area (TPSA) is 86.2 Å². The molecule has 32 heteroatoms. The number of hydrogen-bond donors (Lipinski definition) is 2. The summed E-state index contributed by atoms with van der Waals surface area (Å²) in [6, 6.07) is 0. The molecule has 0 aliphatic heterocycles. The molecule has 0 aromatic rings. The molecule has 0 bridgehead atoms. The molecule has 0 unspecified atom stereocenters. The molecule has 0 spiro atoms. The first-order valence-electron chi connectivity index (χ1n) is 10.0. The van der Waals surface area contributed by atoms with Gasteiger partial charge in [0.1, 0.15) is 0 Å². The molecule has 0 heterocycles. The van der Waals surface area contributed by atoms with Gasteiger partial charge in [-0.3, -0.25) is 9.59 Å². The van der Waals surface area contributed by atoms with E-state index >= 15 is 0 Å². The highest BCUT2D eigenvalue weighted by Crippen LogP contribution is 2.68. The van der Waals surface area contributed by atoms with Crippen LogP contribution in [0.5, 0.6) is 0 Å². The average molecular weight is 788 g/mol. The third-order valence-corrected chi connectivity index (χ3v) is 5.75. The molecule has 0 atom stereocenters. The summed E-state index contributed by atoms with van der Waals surface area (Å²) in [5, 5.41) is 0. The van der Waals surface area contributed by atoms with Crippen LogP contribution in [0.4, 0.5) is 123 Å². The highest BCUT2D eigenvalue weighted by Gasteiger charge is 3.01. The Bertz CT molecular complexity index is 1170. The number of carbonyl (C=O) groups excluding carboxylic acids is 2. The summed E-state index contributed by atoms with van der Waals surface area (Å²) in [5.41, 5.74) is 6.71. The van der Waals surface area contributed by atoms with Crippen molar-refractivity contribution in [2.24, 2.45) is 11.5 Å². The number of hydrogen-bond acceptors (Lipinski definition) is 2. The lowest BCUT2D eigenvalue weighted by molar-refractivity contribution is -0.483. The number of carbonyl (C=O) groups is 2. The minimum absolute atomic E-state index is 3.35. The van der Waals surface area contributed by atoms with Crippen LogP contribution in [0.2, 0.25) is 0 Å². The van der Waals surface area contributed by atoms with Crippen molar-refractivity contribution in [3.8, 4) is 0 Å². The normalized spacial score (nSPS) is 16.7. The molecule has 48 heavy (non-hydrogen) atoms. The molecule has 0 aliphatic rings. The minimum atomic E-state index is -9.98. The quantitative estimate of drug-likeness (QED) is 0.178. The summed E-state index contributed by atoms with van der Waals surface area (Å²) < 4.78 is 378. The van der Waals surface area contributed by atoms with Crippen molar-refractivity contribution in [1.82, 2.24) is 0 Å². The molecule has 0 rings (SSSR count). The van der Waals surface area contributed by atoms with Gasteiger partial charge in [-0.1, -0.05) is 0 Å². The van der Waals surface area contributed by atoms with Crippen LogP contribution in [0.1, 0.15) is 0 Å². The lowest BCUT2D eigenvalue weighted by atomic mass is 9.83. The van der Waals surface area contributed by atoms with Gasteiger partial charge in [-0.2, -0.15) is 123 Å². The summed E-state index contributed by atoms with van der Waals surface area (Å²) in [6.07, 6.45) is 0. The molecule has 0 radical (unpaired) electrons. The third kappa shape index (κ3) is 4.77. The predicted molar refractivity (Wildman–Crippen MR) is 87.6 cm³/mol. The Balaban J connectivity index is 7.65. The van der Waals surface area contributed by atoms with E-state index in [0.29, 0.717) is 0 Å². The molecule has 0 aromatic carbocycles. The first-order valence-corrected chi connectivity index (χ1v) is 10.0. The van der Waals surface area contributed by atoms with E-state index in [1.807, 2.05) is 0 Å². The molecule has 4 N–H and O–H groups in total. The van der Waals surface area contributed by atoms with Crippen LogP contribution in [0.15, 0.2) is 0 Å². The van der Waals surface area contributed by atoms with E-state index in [1.165, 1.54) is 0 Å². The molecule has 0 saturated carbocycles. The van der Waals surface area contributed by atoms with Crippen molar-refractivity contribution >= 4 is 11.8 Å². The van der Waals surface area contributed by atoms with Gasteiger partial charge in [-0.05, 0) is 0 Å². The fourth-order valence-corrected chi connectivity index (χ4v) is 2.68. The van der Waals surface area contributed by atoms with Crippen LogP contribution < -0.4 is 11.5 Å². The molecule has 286 valence electrons. The van der Waals surface area contributed by atoms with Crippen molar-refractivity contribution in [1.29, 1.82) is 0 Å². The first kappa shape index (κ1) is 45.0. The zero-order chi connectivity index (χ0) is 40.2. The van der Waals surface area contributed by atoms with Gasteiger partial charge in [0.15, 0.2) is 0 Å². The third-order valence-electron chi connectivity index (χ3n) is 5.75. The van der Waals surface area contributed by atoms with E-state index < -0.39 is 94.7 Å². The number of alkyl halides is 28. The Morgan fingerprint density at radius 1 is 0.229 bits per heavy atom. The van der Waals surface area contributed by atoms with Crippen LogP contribution >= 0.6 is 0 Å². The second kappa shape index (κ2) is 10.7. The average Bonchev–Trinajstić information content (AvgIpc) is 2.86. The molecule has 0 aliphatic carbocycles. The van der Waals surface area contributed by atoms with Gasteiger partial charge >= 0.3 is 82.9 Å². The lowest BCUT2D eigenvalue weighted by Gasteiger charge is -2.46. The Labute approximate surface area is 240 Å². The Morgan fingerprint density at radius 3 is 0.396 bits per heavy atom.